The number of hydrogen-bond acceptors (Lipinski definition) is 4. The molecule has 0 aliphatic carbocycles. The normalized spacial score (nSPS) is 13.0. The molecular formula is C19H26N2O4S. The summed E-state index contributed by atoms with van der Waals surface area (Å²) in [5.41, 5.74) is 1.90. The highest BCUT2D eigenvalue weighted by Crippen LogP contribution is 2.16. The molecule has 1 atom stereocenters. The number of aryl methyl sites for hydroxylation is 2. The molecule has 0 radical (unpaired) electrons. The number of benzene rings is 1. The maximum absolute atomic E-state index is 12.7. The SMILES string of the molecule is Cc1ccc(S(=O)(=O)N[C@H](CC(C)C)C(=O)NCc2ccco2)cc1C. The first-order valence-electron chi connectivity index (χ1n) is 8.58. The fourth-order valence-electron chi connectivity index (χ4n) is 2.53. The summed E-state index contributed by atoms with van der Waals surface area (Å²) >= 11 is 0. The Balaban J connectivity index is 2.14. The van der Waals surface area contributed by atoms with Gasteiger partial charge in [-0.2, -0.15) is 4.72 Å². The molecular weight excluding hydrogens is 352 g/mol. The fraction of sp³-hybridized carbons (Fsp3) is 0.421. The van der Waals surface area contributed by atoms with Crippen molar-refractivity contribution >= 4 is 15.9 Å². The van der Waals surface area contributed by atoms with Crippen molar-refractivity contribution in [1.82, 2.24) is 10.0 Å². The molecule has 2 aromatic rings. The van der Waals surface area contributed by atoms with Crippen molar-refractivity contribution < 1.29 is 17.6 Å². The lowest BCUT2D eigenvalue weighted by atomic mass is 10.0. The third-order valence-corrected chi connectivity index (χ3v) is 5.60. The van der Waals surface area contributed by atoms with E-state index in [9.17, 15) is 13.2 Å². The van der Waals surface area contributed by atoms with Gasteiger partial charge in [0.15, 0.2) is 0 Å². The molecule has 0 saturated carbocycles. The summed E-state index contributed by atoms with van der Waals surface area (Å²) in [7, 11) is -3.80. The van der Waals surface area contributed by atoms with E-state index in [1.165, 1.54) is 6.26 Å². The Kier molecular flexibility index (Phi) is 6.61. The van der Waals surface area contributed by atoms with Gasteiger partial charge in [0.1, 0.15) is 11.8 Å². The highest BCUT2D eigenvalue weighted by Gasteiger charge is 2.26. The largest absolute Gasteiger partial charge is 0.467 e. The molecule has 2 N–H and O–H groups in total. The molecule has 0 unspecified atom stereocenters. The van der Waals surface area contributed by atoms with Crippen molar-refractivity contribution in [2.75, 3.05) is 0 Å². The number of nitrogens with one attached hydrogen (secondary N) is 2. The fourth-order valence-corrected chi connectivity index (χ4v) is 3.82. The lowest BCUT2D eigenvalue weighted by molar-refractivity contribution is -0.123. The van der Waals surface area contributed by atoms with Gasteiger partial charge in [0.2, 0.25) is 15.9 Å². The van der Waals surface area contributed by atoms with Crippen LogP contribution in [0.15, 0.2) is 45.9 Å². The van der Waals surface area contributed by atoms with E-state index in [-0.39, 0.29) is 23.3 Å². The monoisotopic (exact) mass is 378 g/mol. The number of hydrogen-bond donors (Lipinski definition) is 2. The van der Waals surface area contributed by atoms with E-state index in [2.05, 4.69) is 10.0 Å². The predicted octanol–water partition coefficient (Wildman–Crippen LogP) is 2.91. The third kappa shape index (κ3) is 5.44. The second-order valence-corrected chi connectivity index (χ2v) is 8.56. The van der Waals surface area contributed by atoms with Crippen molar-refractivity contribution in [2.24, 2.45) is 5.92 Å². The number of sulfonamides is 1. The third-order valence-electron chi connectivity index (χ3n) is 4.13. The first kappa shape index (κ1) is 20.2. The highest BCUT2D eigenvalue weighted by atomic mass is 32.2. The van der Waals surface area contributed by atoms with Gasteiger partial charge < -0.3 is 9.73 Å². The van der Waals surface area contributed by atoms with Gasteiger partial charge in [0.05, 0.1) is 17.7 Å². The zero-order valence-electron chi connectivity index (χ0n) is 15.6. The van der Waals surface area contributed by atoms with Crippen molar-refractivity contribution in [3.05, 3.63) is 53.5 Å². The Bertz CT molecular complexity index is 842. The van der Waals surface area contributed by atoms with E-state index in [1.54, 1.807) is 30.3 Å². The molecule has 26 heavy (non-hydrogen) atoms. The molecule has 0 fully saturated rings. The van der Waals surface area contributed by atoms with Crippen LogP contribution in [0.25, 0.3) is 0 Å². The average molecular weight is 378 g/mol. The van der Waals surface area contributed by atoms with Gasteiger partial charge in [0.25, 0.3) is 0 Å². The van der Waals surface area contributed by atoms with E-state index in [0.717, 1.165) is 11.1 Å². The molecule has 142 valence electrons. The van der Waals surface area contributed by atoms with Gasteiger partial charge in [-0.15, -0.1) is 0 Å². The maximum Gasteiger partial charge on any atom is 0.241 e. The molecule has 0 aliphatic heterocycles. The Morgan fingerprint density at radius 2 is 1.88 bits per heavy atom. The van der Waals surface area contributed by atoms with Crippen molar-refractivity contribution in [2.45, 2.75) is 51.6 Å². The maximum atomic E-state index is 12.7. The molecule has 2 rings (SSSR count). The van der Waals surface area contributed by atoms with E-state index >= 15 is 0 Å². The van der Waals surface area contributed by atoms with Crippen LogP contribution in [0.2, 0.25) is 0 Å². The Hall–Kier alpha value is -2.12. The first-order valence-corrected chi connectivity index (χ1v) is 10.1. The number of amides is 1. The van der Waals surface area contributed by atoms with E-state index in [4.69, 9.17) is 4.42 Å². The zero-order chi connectivity index (χ0) is 19.3. The Morgan fingerprint density at radius 3 is 2.46 bits per heavy atom. The molecule has 1 heterocycles. The standard InChI is InChI=1S/C19H26N2O4S/c1-13(2)10-18(19(22)20-12-16-6-5-9-25-16)21-26(23,24)17-8-7-14(3)15(4)11-17/h5-9,11,13,18,21H,10,12H2,1-4H3,(H,20,22)/t18-/m1/s1. The number of carbonyl (C=O) groups is 1. The van der Waals surface area contributed by atoms with Gasteiger partial charge in [0, 0.05) is 0 Å². The van der Waals surface area contributed by atoms with E-state index < -0.39 is 16.1 Å². The van der Waals surface area contributed by atoms with Crippen molar-refractivity contribution in [3.63, 3.8) is 0 Å². The average Bonchev–Trinajstić information content (AvgIpc) is 3.07. The van der Waals surface area contributed by atoms with Crippen LogP contribution >= 0.6 is 0 Å². The van der Waals surface area contributed by atoms with Gasteiger partial charge in [-0.25, -0.2) is 8.42 Å². The number of rotatable bonds is 8. The second kappa shape index (κ2) is 8.51. The molecule has 0 bridgehead atoms. The smallest absolute Gasteiger partial charge is 0.241 e. The van der Waals surface area contributed by atoms with Crippen molar-refractivity contribution in [3.8, 4) is 0 Å². The van der Waals surface area contributed by atoms with E-state index in [0.29, 0.717) is 12.2 Å². The Morgan fingerprint density at radius 1 is 1.15 bits per heavy atom. The van der Waals surface area contributed by atoms with Crippen LogP contribution in [-0.4, -0.2) is 20.4 Å². The zero-order valence-corrected chi connectivity index (χ0v) is 16.4. The van der Waals surface area contributed by atoms with E-state index in [1.807, 2.05) is 27.7 Å². The number of carbonyl (C=O) groups excluding carboxylic acids is 1. The molecule has 6 nitrogen and oxygen atoms in total. The Labute approximate surface area is 155 Å². The molecule has 7 heteroatoms. The topological polar surface area (TPSA) is 88.4 Å². The minimum Gasteiger partial charge on any atom is -0.467 e. The number of furan rings is 1. The van der Waals surface area contributed by atoms with Crippen LogP contribution in [0, 0.1) is 19.8 Å². The minimum atomic E-state index is -3.80. The van der Waals surface area contributed by atoms with Crippen LogP contribution in [0.4, 0.5) is 0 Å². The summed E-state index contributed by atoms with van der Waals surface area (Å²) in [6.07, 6.45) is 1.92. The minimum absolute atomic E-state index is 0.150. The summed E-state index contributed by atoms with van der Waals surface area (Å²) in [6, 6.07) is 7.56. The van der Waals surface area contributed by atoms with Crippen molar-refractivity contribution in [1.29, 1.82) is 0 Å². The first-order chi connectivity index (χ1) is 12.2. The van der Waals surface area contributed by atoms with Gasteiger partial charge in [-0.05, 0) is 61.6 Å². The molecule has 0 spiro atoms. The molecule has 1 aromatic carbocycles. The molecule has 1 amide bonds. The van der Waals surface area contributed by atoms with Crippen LogP contribution in [0.3, 0.4) is 0 Å². The lowest BCUT2D eigenvalue weighted by Crippen LogP contribution is -2.47. The molecule has 1 aromatic heterocycles. The van der Waals surface area contributed by atoms with Crippen LogP contribution in [0.1, 0.15) is 37.2 Å². The quantitative estimate of drug-likeness (QED) is 0.739. The second-order valence-electron chi connectivity index (χ2n) is 6.85. The summed E-state index contributed by atoms with van der Waals surface area (Å²) < 4.78 is 33.2. The predicted molar refractivity (Wildman–Crippen MR) is 100 cm³/mol. The summed E-state index contributed by atoms with van der Waals surface area (Å²) in [5, 5.41) is 2.73. The summed E-state index contributed by atoms with van der Waals surface area (Å²) in [5.74, 6) is 0.387. The summed E-state index contributed by atoms with van der Waals surface area (Å²) in [4.78, 5) is 12.7. The van der Waals surface area contributed by atoms with Gasteiger partial charge in [-0.3, -0.25) is 4.79 Å². The molecule has 0 aliphatic rings. The van der Waals surface area contributed by atoms with Crippen LogP contribution < -0.4 is 10.0 Å². The lowest BCUT2D eigenvalue weighted by Gasteiger charge is -2.20. The van der Waals surface area contributed by atoms with Gasteiger partial charge >= 0.3 is 0 Å². The van der Waals surface area contributed by atoms with Crippen LogP contribution in [-0.2, 0) is 21.4 Å². The van der Waals surface area contributed by atoms with Crippen LogP contribution in [0.5, 0.6) is 0 Å². The van der Waals surface area contributed by atoms with Gasteiger partial charge in [-0.1, -0.05) is 19.9 Å². The summed E-state index contributed by atoms with van der Waals surface area (Å²) in [6.45, 7) is 7.87. The highest BCUT2D eigenvalue weighted by molar-refractivity contribution is 7.89. The molecule has 0 saturated heterocycles.